The van der Waals surface area contributed by atoms with E-state index in [4.69, 9.17) is 14.6 Å². The monoisotopic (exact) mass is 229 g/mol. The van der Waals surface area contributed by atoms with Crippen LogP contribution in [0.25, 0.3) is 0 Å². The first-order chi connectivity index (χ1) is 7.79. The summed E-state index contributed by atoms with van der Waals surface area (Å²) in [6.07, 6.45) is 3.70. The van der Waals surface area contributed by atoms with E-state index in [0.717, 1.165) is 25.9 Å². The quantitative estimate of drug-likeness (QED) is 0.721. The molecule has 92 valence electrons. The molecular weight excluding hydrogens is 210 g/mol. The van der Waals surface area contributed by atoms with Gasteiger partial charge in [0, 0.05) is 13.2 Å². The minimum Gasteiger partial charge on any atom is -0.396 e. The molecule has 16 heavy (non-hydrogen) atoms. The highest BCUT2D eigenvalue weighted by atomic mass is 16.7. The molecule has 2 heterocycles. The summed E-state index contributed by atoms with van der Waals surface area (Å²) in [4.78, 5) is 11.3. The summed E-state index contributed by atoms with van der Waals surface area (Å²) in [6.45, 7) is 0.805. The van der Waals surface area contributed by atoms with Gasteiger partial charge in [0.15, 0.2) is 6.29 Å². The first-order valence-corrected chi connectivity index (χ1v) is 5.97. The number of amides is 1. The maximum atomic E-state index is 11.3. The van der Waals surface area contributed by atoms with Crippen LogP contribution in [0.1, 0.15) is 32.1 Å². The number of rotatable bonds is 4. The molecule has 1 unspecified atom stereocenters. The van der Waals surface area contributed by atoms with Gasteiger partial charge in [-0.25, -0.2) is 0 Å². The molecule has 2 aliphatic rings. The molecule has 0 spiro atoms. The van der Waals surface area contributed by atoms with Crippen LogP contribution in [0.4, 0.5) is 0 Å². The lowest BCUT2D eigenvalue weighted by atomic mass is 10.1. The summed E-state index contributed by atoms with van der Waals surface area (Å²) in [7, 11) is 0. The molecule has 5 heteroatoms. The Balaban J connectivity index is 1.84. The smallest absolute Gasteiger partial charge is 0.223 e. The molecule has 2 fully saturated rings. The third-order valence-corrected chi connectivity index (χ3v) is 3.09. The highest BCUT2D eigenvalue weighted by molar-refractivity contribution is 5.79. The molecule has 0 saturated carbocycles. The standard InChI is InChI=1S/C11H19NO4/c13-5-4-8-9(7-10(14)12-8)16-11-3-1-2-6-15-11/h8-9,11,13H,1-7H2,(H,12,14)/t8-,9-,11?/m1/s1. The number of ether oxygens (including phenoxy) is 2. The first kappa shape index (κ1) is 11.8. The van der Waals surface area contributed by atoms with Gasteiger partial charge in [-0.05, 0) is 25.7 Å². The van der Waals surface area contributed by atoms with Crippen molar-refractivity contribution in [3.63, 3.8) is 0 Å². The highest BCUT2D eigenvalue weighted by Crippen LogP contribution is 2.21. The van der Waals surface area contributed by atoms with E-state index in [1.165, 1.54) is 0 Å². The highest BCUT2D eigenvalue weighted by Gasteiger charge is 2.34. The van der Waals surface area contributed by atoms with Crippen molar-refractivity contribution in [1.29, 1.82) is 0 Å². The third-order valence-electron chi connectivity index (χ3n) is 3.09. The zero-order valence-corrected chi connectivity index (χ0v) is 9.35. The number of hydrogen-bond acceptors (Lipinski definition) is 4. The Morgan fingerprint density at radius 3 is 3.06 bits per heavy atom. The number of nitrogens with one attached hydrogen (secondary N) is 1. The predicted molar refractivity (Wildman–Crippen MR) is 56.7 cm³/mol. The second kappa shape index (κ2) is 5.61. The Morgan fingerprint density at radius 1 is 1.50 bits per heavy atom. The fraction of sp³-hybridized carbons (Fsp3) is 0.909. The van der Waals surface area contributed by atoms with Crippen LogP contribution >= 0.6 is 0 Å². The molecule has 2 rings (SSSR count). The summed E-state index contributed by atoms with van der Waals surface area (Å²) < 4.78 is 11.2. The van der Waals surface area contributed by atoms with Crippen LogP contribution < -0.4 is 5.32 Å². The van der Waals surface area contributed by atoms with Gasteiger partial charge in [-0.2, -0.15) is 0 Å². The molecule has 5 nitrogen and oxygen atoms in total. The topological polar surface area (TPSA) is 67.8 Å². The van der Waals surface area contributed by atoms with Crippen LogP contribution in [0, 0.1) is 0 Å². The van der Waals surface area contributed by atoms with Gasteiger partial charge in [-0.15, -0.1) is 0 Å². The van der Waals surface area contributed by atoms with Gasteiger partial charge in [0.2, 0.25) is 5.91 Å². The Bertz CT molecular complexity index is 240. The predicted octanol–water partition coefficient (Wildman–Crippen LogP) is 0.169. The van der Waals surface area contributed by atoms with Crippen LogP contribution in [-0.2, 0) is 14.3 Å². The van der Waals surface area contributed by atoms with E-state index >= 15 is 0 Å². The molecular formula is C11H19NO4. The molecule has 2 aliphatic heterocycles. The van der Waals surface area contributed by atoms with Crippen molar-refractivity contribution in [2.45, 2.75) is 50.5 Å². The van der Waals surface area contributed by atoms with Crippen molar-refractivity contribution in [3.8, 4) is 0 Å². The Hall–Kier alpha value is -0.650. The lowest BCUT2D eigenvalue weighted by Gasteiger charge is -2.27. The van der Waals surface area contributed by atoms with Crippen molar-refractivity contribution in [2.75, 3.05) is 13.2 Å². The van der Waals surface area contributed by atoms with E-state index in [-0.39, 0.29) is 30.9 Å². The van der Waals surface area contributed by atoms with Gasteiger partial charge in [-0.3, -0.25) is 4.79 Å². The lowest BCUT2D eigenvalue weighted by Crippen LogP contribution is -2.37. The molecule has 0 aromatic heterocycles. The van der Waals surface area contributed by atoms with Gasteiger partial charge in [0.1, 0.15) is 0 Å². The van der Waals surface area contributed by atoms with Crippen molar-refractivity contribution in [1.82, 2.24) is 5.32 Å². The van der Waals surface area contributed by atoms with E-state index in [2.05, 4.69) is 5.32 Å². The molecule has 2 N–H and O–H groups in total. The number of aliphatic hydroxyl groups is 1. The first-order valence-electron chi connectivity index (χ1n) is 5.97. The van der Waals surface area contributed by atoms with E-state index in [1.54, 1.807) is 0 Å². The second-order valence-electron chi connectivity index (χ2n) is 4.36. The fourth-order valence-electron chi connectivity index (χ4n) is 2.24. The summed E-state index contributed by atoms with van der Waals surface area (Å²) in [5.74, 6) is -0.000686. The van der Waals surface area contributed by atoms with Crippen LogP contribution in [0.3, 0.4) is 0 Å². The van der Waals surface area contributed by atoms with Gasteiger partial charge in [0.05, 0.1) is 18.6 Å². The number of hydrogen-bond donors (Lipinski definition) is 2. The van der Waals surface area contributed by atoms with Gasteiger partial charge < -0.3 is 19.9 Å². The van der Waals surface area contributed by atoms with Crippen LogP contribution in [-0.4, -0.2) is 42.7 Å². The van der Waals surface area contributed by atoms with Crippen molar-refractivity contribution in [2.24, 2.45) is 0 Å². The third kappa shape index (κ3) is 2.93. The van der Waals surface area contributed by atoms with Crippen LogP contribution in [0.2, 0.25) is 0 Å². The van der Waals surface area contributed by atoms with E-state index in [0.29, 0.717) is 12.8 Å². The Morgan fingerprint density at radius 2 is 2.38 bits per heavy atom. The van der Waals surface area contributed by atoms with Gasteiger partial charge >= 0.3 is 0 Å². The second-order valence-corrected chi connectivity index (χ2v) is 4.36. The zero-order valence-electron chi connectivity index (χ0n) is 9.35. The van der Waals surface area contributed by atoms with Crippen molar-refractivity contribution < 1.29 is 19.4 Å². The maximum absolute atomic E-state index is 11.3. The number of aliphatic hydroxyl groups excluding tert-OH is 1. The average molecular weight is 229 g/mol. The average Bonchev–Trinajstić information content (AvgIpc) is 2.61. The SMILES string of the molecule is O=C1C[C@@H](OC2CCCCO2)[C@@H](CCO)N1. The molecule has 0 aliphatic carbocycles. The zero-order chi connectivity index (χ0) is 11.4. The minimum atomic E-state index is -0.173. The molecule has 1 amide bonds. The summed E-state index contributed by atoms with van der Waals surface area (Å²) in [5, 5.41) is 11.7. The Kier molecular flexibility index (Phi) is 4.15. The normalized spacial score (nSPS) is 35.1. The van der Waals surface area contributed by atoms with E-state index in [1.807, 2.05) is 0 Å². The van der Waals surface area contributed by atoms with Gasteiger partial charge in [-0.1, -0.05) is 0 Å². The van der Waals surface area contributed by atoms with Crippen LogP contribution in [0.5, 0.6) is 0 Å². The molecule has 0 radical (unpaired) electrons. The van der Waals surface area contributed by atoms with E-state index in [9.17, 15) is 4.79 Å². The molecule has 2 saturated heterocycles. The summed E-state index contributed by atoms with van der Waals surface area (Å²) in [5.41, 5.74) is 0. The Labute approximate surface area is 95.1 Å². The minimum absolute atomic E-state index is 0.000686. The van der Waals surface area contributed by atoms with E-state index < -0.39 is 0 Å². The lowest BCUT2D eigenvalue weighted by molar-refractivity contribution is -0.190. The molecule has 0 aromatic rings. The molecule has 0 aromatic carbocycles. The number of carbonyl (C=O) groups excluding carboxylic acids is 1. The van der Waals surface area contributed by atoms with Gasteiger partial charge in [0.25, 0.3) is 0 Å². The maximum Gasteiger partial charge on any atom is 0.223 e. The number of carbonyl (C=O) groups is 1. The molecule has 3 atom stereocenters. The largest absolute Gasteiger partial charge is 0.396 e. The van der Waals surface area contributed by atoms with Crippen molar-refractivity contribution in [3.05, 3.63) is 0 Å². The summed E-state index contributed by atoms with van der Waals surface area (Å²) >= 11 is 0. The van der Waals surface area contributed by atoms with Crippen LogP contribution in [0.15, 0.2) is 0 Å². The fourth-order valence-corrected chi connectivity index (χ4v) is 2.24. The van der Waals surface area contributed by atoms with Crippen molar-refractivity contribution >= 4 is 5.91 Å². The summed E-state index contributed by atoms with van der Waals surface area (Å²) in [6, 6.07) is -0.0666. The molecule has 0 bridgehead atoms.